The van der Waals surface area contributed by atoms with Crippen LogP contribution in [-0.4, -0.2) is 45.1 Å². The van der Waals surface area contributed by atoms with Gasteiger partial charge in [-0.25, -0.2) is 9.59 Å². The lowest BCUT2D eigenvalue weighted by Crippen LogP contribution is -2.34. The summed E-state index contributed by atoms with van der Waals surface area (Å²) < 4.78 is 7.49. The van der Waals surface area contributed by atoms with E-state index in [4.69, 9.17) is 20.7 Å². The lowest BCUT2D eigenvalue weighted by atomic mass is 9.77. The number of ether oxygens (including phenoxy) is 1. The fraction of sp³-hybridized carbons (Fsp3) is 0.350. The molecule has 0 saturated carbocycles. The standard InChI is InChI=1S/C16H21N3O.C4H4O4/c1-10(17)9-19-13-7-11-14(20-4)5-6-16(2,3)15(11)12(13)8-18-19;5-3(6)1-2-4(7)8/h5-8,10H,9,17H2,1-4H3;1-2H,(H,5,6)(H,7,8)/b;2-1+. The Morgan fingerprint density at radius 3 is 2.43 bits per heavy atom. The minimum absolute atomic E-state index is 0.0126. The van der Waals surface area contributed by atoms with Crippen LogP contribution in [0.15, 0.2) is 41.8 Å². The van der Waals surface area contributed by atoms with Gasteiger partial charge in [-0.15, -0.1) is 0 Å². The van der Waals surface area contributed by atoms with Gasteiger partial charge in [-0.1, -0.05) is 19.9 Å². The molecule has 1 unspecified atom stereocenters. The van der Waals surface area contributed by atoms with Gasteiger partial charge in [-0.3, -0.25) is 4.68 Å². The van der Waals surface area contributed by atoms with Gasteiger partial charge < -0.3 is 20.7 Å². The van der Waals surface area contributed by atoms with Crippen molar-refractivity contribution in [2.45, 2.75) is 33.4 Å². The van der Waals surface area contributed by atoms with E-state index in [9.17, 15) is 9.59 Å². The van der Waals surface area contributed by atoms with Crippen LogP contribution < -0.4 is 16.3 Å². The molecule has 1 atom stereocenters. The van der Waals surface area contributed by atoms with E-state index in [0.717, 1.165) is 17.7 Å². The lowest BCUT2D eigenvalue weighted by molar-refractivity contribution is -0.134. The molecule has 0 fully saturated rings. The predicted octanol–water partition coefficient (Wildman–Crippen LogP) is 0.383. The van der Waals surface area contributed by atoms with E-state index in [1.807, 2.05) is 17.8 Å². The molecule has 1 heterocycles. The van der Waals surface area contributed by atoms with Crippen LogP contribution in [0.2, 0.25) is 0 Å². The van der Waals surface area contributed by atoms with Crippen molar-refractivity contribution in [1.29, 1.82) is 0 Å². The topological polar surface area (TPSA) is 128 Å². The molecule has 0 spiro atoms. The van der Waals surface area contributed by atoms with Crippen molar-refractivity contribution in [3.05, 3.63) is 52.4 Å². The molecule has 1 aromatic rings. The number of hydrogen-bond donors (Lipinski definition) is 3. The molecule has 28 heavy (non-hydrogen) atoms. The molecule has 0 radical (unpaired) electrons. The number of nitrogens with zero attached hydrogens (tertiary/aromatic N) is 2. The second-order valence-electron chi connectivity index (χ2n) is 7.17. The normalized spacial score (nSPS) is 17.4. The fourth-order valence-electron chi connectivity index (χ4n) is 3.18. The molecular formula is C20H25N3O5. The number of allylic oxidation sites excluding steroid dienone is 3. The van der Waals surface area contributed by atoms with Crippen LogP contribution in [0.1, 0.15) is 20.8 Å². The zero-order chi connectivity index (χ0) is 21.1. The van der Waals surface area contributed by atoms with Crippen molar-refractivity contribution in [2.24, 2.45) is 11.1 Å². The quantitative estimate of drug-likeness (QED) is 0.623. The summed E-state index contributed by atoms with van der Waals surface area (Å²) in [5.41, 5.74) is 8.35. The Hall–Kier alpha value is -3.13. The summed E-state index contributed by atoms with van der Waals surface area (Å²) in [5, 5.41) is 22.4. The van der Waals surface area contributed by atoms with Crippen LogP contribution >= 0.6 is 0 Å². The van der Waals surface area contributed by atoms with Crippen molar-refractivity contribution in [2.75, 3.05) is 7.11 Å². The number of fused-ring (bicyclic) bond motifs is 2. The van der Waals surface area contributed by atoms with E-state index in [1.54, 1.807) is 7.11 Å². The van der Waals surface area contributed by atoms with Crippen LogP contribution in [0.4, 0.5) is 0 Å². The van der Waals surface area contributed by atoms with Crippen molar-refractivity contribution < 1.29 is 24.5 Å². The van der Waals surface area contributed by atoms with E-state index < -0.39 is 11.9 Å². The second-order valence-corrected chi connectivity index (χ2v) is 7.17. The summed E-state index contributed by atoms with van der Waals surface area (Å²) in [6, 6.07) is 0.0852. The summed E-state index contributed by atoms with van der Waals surface area (Å²) in [6.07, 6.45) is 9.49. The number of hydrogen-bond acceptors (Lipinski definition) is 5. The largest absolute Gasteiger partial charge is 0.496 e. The van der Waals surface area contributed by atoms with Gasteiger partial charge in [-0.05, 0) is 24.6 Å². The minimum Gasteiger partial charge on any atom is -0.496 e. The lowest BCUT2D eigenvalue weighted by Gasteiger charge is -2.28. The number of carboxylic acids is 2. The Balaban J connectivity index is 0.000000300. The smallest absolute Gasteiger partial charge is 0.328 e. The average molecular weight is 387 g/mol. The van der Waals surface area contributed by atoms with Gasteiger partial charge in [0.25, 0.3) is 0 Å². The molecule has 3 rings (SSSR count). The Bertz CT molecular complexity index is 978. The van der Waals surface area contributed by atoms with Crippen LogP contribution in [0.3, 0.4) is 0 Å². The Morgan fingerprint density at radius 1 is 1.32 bits per heavy atom. The summed E-state index contributed by atoms with van der Waals surface area (Å²) in [6.45, 7) is 7.16. The highest BCUT2D eigenvalue weighted by Gasteiger charge is 2.32. The summed E-state index contributed by atoms with van der Waals surface area (Å²) >= 11 is 0. The molecule has 0 saturated heterocycles. The Kier molecular flexibility index (Phi) is 6.25. The number of rotatable bonds is 5. The van der Waals surface area contributed by atoms with Gasteiger partial charge in [0.05, 0.1) is 25.2 Å². The molecule has 150 valence electrons. The highest BCUT2D eigenvalue weighted by Crippen LogP contribution is 2.41. The summed E-state index contributed by atoms with van der Waals surface area (Å²) in [7, 11) is 1.72. The molecule has 0 aliphatic heterocycles. The molecule has 2 aliphatic rings. The van der Waals surface area contributed by atoms with E-state index in [2.05, 4.69) is 37.2 Å². The second kappa shape index (κ2) is 8.26. The SMILES string of the molecule is COC1=C2C=c3c(cnn3CC(C)N)=C2C(C)(C)C=C1.O=C(O)/C=C/C(=O)O. The van der Waals surface area contributed by atoms with Gasteiger partial charge in [0, 0.05) is 34.4 Å². The molecule has 1 aromatic heterocycles. The number of carboxylic acid groups (broad SMARTS) is 2. The van der Waals surface area contributed by atoms with Crippen LogP contribution in [-0.2, 0) is 20.9 Å². The van der Waals surface area contributed by atoms with Crippen molar-refractivity contribution in [3.63, 3.8) is 0 Å². The number of nitrogens with two attached hydrogens (primary N) is 1. The molecule has 0 aromatic carbocycles. The van der Waals surface area contributed by atoms with Crippen molar-refractivity contribution in [1.82, 2.24) is 9.78 Å². The molecule has 0 bridgehead atoms. The average Bonchev–Trinajstić information content (AvgIpc) is 3.14. The number of carbonyl (C=O) groups is 2. The maximum atomic E-state index is 9.55. The maximum Gasteiger partial charge on any atom is 0.328 e. The van der Waals surface area contributed by atoms with Gasteiger partial charge in [-0.2, -0.15) is 5.10 Å². The van der Waals surface area contributed by atoms with E-state index in [0.29, 0.717) is 12.2 Å². The first kappa shape index (κ1) is 21.2. The zero-order valence-electron chi connectivity index (χ0n) is 16.3. The predicted molar refractivity (Wildman–Crippen MR) is 104 cm³/mol. The third-order valence-corrected chi connectivity index (χ3v) is 4.31. The molecule has 2 aliphatic carbocycles. The summed E-state index contributed by atoms with van der Waals surface area (Å²) in [4.78, 5) is 19.1. The van der Waals surface area contributed by atoms with Crippen LogP contribution in [0.25, 0.3) is 11.6 Å². The van der Waals surface area contributed by atoms with Gasteiger partial charge in [0.2, 0.25) is 0 Å². The minimum atomic E-state index is -1.26. The molecule has 4 N–H and O–H groups in total. The third kappa shape index (κ3) is 4.58. The van der Waals surface area contributed by atoms with Gasteiger partial charge in [0.1, 0.15) is 5.76 Å². The molecule has 0 amide bonds. The zero-order valence-corrected chi connectivity index (χ0v) is 16.3. The molecule has 8 heteroatoms. The number of aliphatic carboxylic acids is 2. The van der Waals surface area contributed by atoms with Crippen LogP contribution in [0.5, 0.6) is 0 Å². The molecule has 8 nitrogen and oxygen atoms in total. The first-order valence-electron chi connectivity index (χ1n) is 8.72. The first-order valence-corrected chi connectivity index (χ1v) is 8.72. The third-order valence-electron chi connectivity index (χ3n) is 4.31. The Morgan fingerprint density at radius 2 is 1.93 bits per heavy atom. The monoisotopic (exact) mass is 387 g/mol. The number of aromatic nitrogens is 2. The maximum absolute atomic E-state index is 9.55. The fourth-order valence-corrected chi connectivity index (χ4v) is 3.18. The van der Waals surface area contributed by atoms with Crippen molar-refractivity contribution in [3.8, 4) is 0 Å². The Labute approximate surface area is 162 Å². The number of methoxy groups -OCH3 is 1. The van der Waals surface area contributed by atoms with E-state index in [1.165, 1.54) is 16.4 Å². The van der Waals surface area contributed by atoms with Crippen molar-refractivity contribution >= 4 is 23.6 Å². The summed E-state index contributed by atoms with van der Waals surface area (Å²) in [5.74, 6) is -1.59. The van der Waals surface area contributed by atoms with Crippen LogP contribution in [0, 0.1) is 5.41 Å². The van der Waals surface area contributed by atoms with Gasteiger partial charge in [0.15, 0.2) is 0 Å². The van der Waals surface area contributed by atoms with E-state index in [-0.39, 0.29) is 11.5 Å². The van der Waals surface area contributed by atoms with E-state index >= 15 is 0 Å². The highest BCUT2D eigenvalue weighted by atomic mass is 16.5. The first-order chi connectivity index (χ1) is 13.1. The van der Waals surface area contributed by atoms with Gasteiger partial charge >= 0.3 is 11.9 Å². The molecular weight excluding hydrogens is 362 g/mol. The highest BCUT2D eigenvalue weighted by molar-refractivity contribution is 5.89.